The van der Waals surface area contributed by atoms with Gasteiger partial charge in [0.2, 0.25) is 0 Å². The molecule has 1 aliphatic heterocycles. The largest absolute Gasteiger partial charge is 0.330 e. The number of hydrogen-bond donors (Lipinski definition) is 1. The summed E-state index contributed by atoms with van der Waals surface area (Å²) < 4.78 is 0. The minimum atomic E-state index is 0.499. The molecular formula is C16H21N3. The molecule has 0 aliphatic carbocycles. The summed E-state index contributed by atoms with van der Waals surface area (Å²) in [5.74, 6) is 0.627. The van der Waals surface area contributed by atoms with Gasteiger partial charge in [-0.05, 0) is 55.9 Å². The molecule has 1 aromatic heterocycles. The van der Waals surface area contributed by atoms with Crippen molar-refractivity contribution in [2.75, 3.05) is 20.1 Å². The van der Waals surface area contributed by atoms with Gasteiger partial charge >= 0.3 is 0 Å². The standard InChI is InChI=1S/C16H21N3/c1-11-5-13-3-4-14(7-15(13)9-18-11)16-6-12(8-17)10-19(16)2/h3-5,7,9,12,16H,6,8,10,17H2,1-2H3. The molecule has 0 amide bonds. The summed E-state index contributed by atoms with van der Waals surface area (Å²) in [7, 11) is 2.19. The van der Waals surface area contributed by atoms with Crippen molar-refractivity contribution >= 4 is 10.8 Å². The van der Waals surface area contributed by atoms with Gasteiger partial charge in [-0.1, -0.05) is 12.1 Å². The van der Waals surface area contributed by atoms with Crippen LogP contribution in [-0.4, -0.2) is 30.0 Å². The fourth-order valence-electron chi connectivity index (χ4n) is 3.14. The first-order chi connectivity index (χ1) is 9.17. The third-order valence-electron chi connectivity index (χ3n) is 4.24. The lowest BCUT2D eigenvalue weighted by Gasteiger charge is -2.20. The van der Waals surface area contributed by atoms with E-state index in [2.05, 4.69) is 41.2 Å². The maximum absolute atomic E-state index is 5.81. The summed E-state index contributed by atoms with van der Waals surface area (Å²) in [6, 6.07) is 9.38. The zero-order chi connectivity index (χ0) is 13.4. The summed E-state index contributed by atoms with van der Waals surface area (Å²) >= 11 is 0. The topological polar surface area (TPSA) is 42.1 Å². The van der Waals surface area contributed by atoms with Crippen molar-refractivity contribution in [1.82, 2.24) is 9.88 Å². The van der Waals surface area contributed by atoms with Gasteiger partial charge in [-0.2, -0.15) is 0 Å². The molecule has 2 atom stereocenters. The number of hydrogen-bond acceptors (Lipinski definition) is 3. The van der Waals surface area contributed by atoms with Crippen molar-refractivity contribution in [3.05, 3.63) is 41.7 Å². The van der Waals surface area contributed by atoms with Gasteiger partial charge in [0.15, 0.2) is 0 Å². The third kappa shape index (κ3) is 2.36. The van der Waals surface area contributed by atoms with Crippen LogP contribution in [0, 0.1) is 12.8 Å². The molecule has 2 heterocycles. The molecule has 0 spiro atoms. The van der Waals surface area contributed by atoms with Gasteiger partial charge in [0.05, 0.1) is 0 Å². The maximum atomic E-state index is 5.81. The number of nitrogens with two attached hydrogens (primary N) is 1. The lowest BCUT2D eigenvalue weighted by atomic mass is 9.98. The Balaban J connectivity index is 1.95. The van der Waals surface area contributed by atoms with Crippen LogP contribution in [0.1, 0.15) is 23.7 Å². The Hall–Kier alpha value is -1.45. The van der Waals surface area contributed by atoms with Crippen LogP contribution in [0.15, 0.2) is 30.5 Å². The van der Waals surface area contributed by atoms with Crippen LogP contribution in [0.3, 0.4) is 0 Å². The molecule has 3 nitrogen and oxygen atoms in total. The van der Waals surface area contributed by atoms with Crippen LogP contribution in [0.5, 0.6) is 0 Å². The van der Waals surface area contributed by atoms with Crippen LogP contribution >= 0.6 is 0 Å². The number of aryl methyl sites for hydroxylation is 1. The summed E-state index contributed by atoms with van der Waals surface area (Å²) in [5.41, 5.74) is 8.26. The molecule has 2 unspecified atom stereocenters. The molecular weight excluding hydrogens is 234 g/mol. The molecule has 1 aliphatic rings. The summed E-state index contributed by atoms with van der Waals surface area (Å²) in [5, 5.41) is 2.50. The monoisotopic (exact) mass is 255 g/mol. The van der Waals surface area contributed by atoms with E-state index >= 15 is 0 Å². The minimum Gasteiger partial charge on any atom is -0.330 e. The highest BCUT2D eigenvalue weighted by molar-refractivity contribution is 5.82. The molecule has 3 rings (SSSR count). The zero-order valence-electron chi connectivity index (χ0n) is 11.6. The molecule has 19 heavy (non-hydrogen) atoms. The zero-order valence-corrected chi connectivity index (χ0v) is 11.6. The first-order valence-electron chi connectivity index (χ1n) is 6.94. The van der Waals surface area contributed by atoms with Crippen molar-refractivity contribution in [2.45, 2.75) is 19.4 Å². The Morgan fingerprint density at radius 2 is 2.16 bits per heavy atom. The third-order valence-corrected chi connectivity index (χ3v) is 4.24. The van der Waals surface area contributed by atoms with Crippen LogP contribution in [-0.2, 0) is 0 Å². The number of benzene rings is 1. The Labute approximate surface area is 114 Å². The van der Waals surface area contributed by atoms with Crippen molar-refractivity contribution < 1.29 is 0 Å². The molecule has 1 aromatic carbocycles. The number of likely N-dealkylation sites (tertiary alicyclic amines) is 1. The number of rotatable bonds is 2. The van der Waals surface area contributed by atoms with E-state index in [-0.39, 0.29) is 0 Å². The van der Waals surface area contributed by atoms with Crippen LogP contribution in [0.2, 0.25) is 0 Å². The second kappa shape index (κ2) is 4.91. The predicted octanol–water partition coefficient (Wildman–Crippen LogP) is 2.49. The molecule has 2 N–H and O–H groups in total. The van der Waals surface area contributed by atoms with Gasteiger partial charge in [0.25, 0.3) is 0 Å². The number of fused-ring (bicyclic) bond motifs is 1. The van der Waals surface area contributed by atoms with Gasteiger partial charge in [0.1, 0.15) is 0 Å². The molecule has 1 fully saturated rings. The molecule has 1 saturated heterocycles. The van der Waals surface area contributed by atoms with Crippen molar-refractivity contribution in [3.63, 3.8) is 0 Å². The van der Waals surface area contributed by atoms with E-state index in [0.717, 1.165) is 25.2 Å². The second-order valence-corrected chi connectivity index (χ2v) is 5.73. The van der Waals surface area contributed by atoms with Crippen molar-refractivity contribution in [1.29, 1.82) is 0 Å². The van der Waals surface area contributed by atoms with E-state index in [1.807, 2.05) is 13.1 Å². The Morgan fingerprint density at radius 1 is 1.32 bits per heavy atom. The van der Waals surface area contributed by atoms with E-state index in [1.165, 1.54) is 16.3 Å². The van der Waals surface area contributed by atoms with E-state index in [0.29, 0.717) is 12.0 Å². The lowest BCUT2D eigenvalue weighted by Crippen LogP contribution is -2.20. The predicted molar refractivity (Wildman–Crippen MR) is 79.0 cm³/mol. The highest BCUT2D eigenvalue weighted by atomic mass is 15.2. The normalized spacial score (nSPS) is 24.2. The lowest BCUT2D eigenvalue weighted by molar-refractivity contribution is 0.314. The van der Waals surface area contributed by atoms with Crippen molar-refractivity contribution in [2.24, 2.45) is 11.7 Å². The first-order valence-corrected chi connectivity index (χ1v) is 6.94. The fourth-order valence-corrected chi connectivity index (χ4v) is 3.14. The smallest absolute Gasteiger partial charge is 0.0379 e. The molecule has 0 saturated carbocycles. The fraction of sp³-hybridized carbons (Fsp3) is 0.438. The Morgan fingerprint density at radius 3 is 2.89 bits per heavy atom. The quantitative estimate of drug-likeness (QED) is 0.896. The number of pyridine rings is 1. The van der Waals surface area contributed by atoms with Crippen LogP contribution < -0.4 is 5.73 Å². The average Bonchev–Trinajstić information content (AvgIpc) is 2.79. The number of nitrogens with zero attached hydrogens (tertiary/aromatic N) is 2. The van der Waals surface area contributed by atoms with Gasteiger partial charge in [-0.3, -0.25) is 9.88 Å². The molecule has 0 radical (unpaired) electrons. The summed E-state index contributed by atoms with van der Waals surface area (Å²) in [6.45, 7) is 3.92. The summed E-state index contributed by atoms with van der Waals surface area (Å²) in [6.07, 6.45) is 3.14. The van der Waals surface area contributed by atoms with Gasteiger partial charge < -0.3 is 5.73 Å². The Bertz CT molecular complexity index is 594. The van der Waals surface area contributed by atoms with Gasteiger partial charge in [-0.15, -0.1) is 0 Å². The second-order valence-electron chi connectivity index (χ2n) is 5.73. The van der Waals surface area contributed by atoms with Gasteiger partial charge in [-0.25, -0.2) is 0 Å². The highest BCUT2D eigenvalue weighted by Gasteiger charge is 2.29. The van der Waals surface area contributed by atoms with Crippen molar-refractivity contribution in [3.8, 4) is 0 Å². The minimum absolute atomic E-state index is 0.499. The first kappa shape index (κ1) is 12.6. The van der Waals surface area contributed by atoms with Crippen LogP contribution in [0.25, 0.3) is 10.8 Å². The molecule has 3 heteroatoms. The van der Waals surface area contributed by atoms with E-state index in [1.54, 1.807) is 0 Å². The molecule has 0 bridgehead atoms. The maximum Gasteiger partial charge on any atom is 0.0379 e. The van der Waals surface area contributed by atoms with Crippen LogP contribution in [0.4, 0.5) is 0 Å². The average molecular weight is 255 g/mol. The van der Waals surface area contributed by atoms with E-state index in [4.69, 9.17) is 5.73 Å². The van der Waals surface area contributed by atoms with E-state index in [9.17, 15) is 0 Å². The van der Waals surface area contributed by atoms with Gasteiger partial charge in [0, 0.05) is 29.9 Å². The highest BCUT2D eigenvalue weighted by Crippen LogP contribution is 2.34. The SMILES string of the molecule is Cc1cc2ccc(C3CC(CN)CN3C)cc2cn1. The van der Waals surface area contributed by atoms with E-state index < -0.39 is 0 Å². The summed E-state index contributed by atoms with van der Waals surface area (Å²) in [4.78, 5) is 6.81. The molecule has 100 valence electrons. The number of aromatic nitrogens is 1. The Kier molecular flexibility index (Phi) is 3.25. The molecule has 2 aromatic rings.